The Morgan fingerprint density at radius 1 is 0.919 bits per heavy atom. The van der Waals surface area contributed by atoms with Crippen LogP contribution < -0.4 is 14.9 Å². The molecule has 0 aliphatic carbocycles. The normalized spacial score (nSPS) is 14.3. The van der Waals surface area contributed by atoms with E-state index < -0.39 is 39.4 Å². The first-order valence-corrected chi connectivity index (χ1v) is 22.6. The van der Waals surface area contributed by atoms with Crippen molar-refractivity contribution >= 4 is 67.2 Å². The van der Waals surface area contributed by atoms with E-state index in [0.29, 0.717) is 21.7 Å². The molecule has 18 heteroatoms. The van der Waals surface area contributed by atoms with Gasteiger partial charge in [-0.15, -0.1) is 11.8 Å². The minimum Gasteiger partial charge on any atom is -0.376 e. The molecule has 5 aromatic carbocycles. The number of anilines is 3. The van der Waals surface area contributed by atoms with Crippen molar-refractivity contribution in [1.29, 1.82) is 0 Å². The Bertz CT molecular complexity index is 2600. The molecular weight excluding hydrogens is 861 g/mol. The van der Waals surface area contributed by atoms with Gasteiger partial charge in [0.25, 0.3) is 15.7 Å². The van der Waals surface area contributed by atoms with E-state index in [2.05, 4.69) is 48.0 Å². The number of nitro groups is 1. The molecular formula is C44H44ClF3N8O4S2. The summed E-state index contributed by atoms with van der Waals surface area (Å²) in [5, 5.41) is 16.6. The summed E-state index contributed by atoms with van der Waals surface area (Å²) < 4.78 is 69.1. The maximum Gasteiger partial charge on any atom is 0.401 e. The first-order valence-electron chi connectivity index (χ1n) is 19.8. The maximum absolute atomic E-state index is 13.8. The van der Waals surface area contributed by atoms with Gasteiger partial charge in [-0.25, -0.2) is 18.4 Å². The van der Waals surface area contributed by atoms with Gasteiger partial charge in [0.2, 0.25) is 0 Å². The summed E-state index contributed by atoms with van der Waals surface area (Å²) in [7, 11) is -3.03. The summed E-state index contributed by atoms with van der Waals surface area (Å²) in [5.41, 5.74) is 4.49. The minimum atomic E-state index is -4.39. The van der Waals surface area contributed by atoms with E-state index in [1.165, 1.54) is 48.4 Å². The Balaban J connectivity index is 1.02. The van der Waals surface area contributed by atoms with Crippen molar-refractivity contribution < 1.29 is 26.5 Å². The SMILES string of the molecule is CN(CCC(CSc1ccccc1)Nc1ccc(S(=O)(=O)Nc2ncnc3cc(N4CCN(Cc5ccccc5-c5ccc(Cl)cc5)CC4)ccc23)cc1[N+](=O)[O-])CC(F)(F)F. The summed E-state index contributed by atoms with van der Waals surface area (Å²) in [6.07, 6.45) is -2.89. The van der Waals surface area contributed by atoms with E-state index >= 15 is 0 Å². The van der Waals surface area contributed by atoms with Gasteiger partial charge in [-0.1, -0.05) is 66.2 Å². The van der Waals surface area contributed by atoms with Crippen LogP contribution in [0, 0.1) is 10.1 Å². The predicted octanol–water partition coefficient (Wildman–Crippen LogP) is 9.44. The number of hydrogen-bond acceptors (Lipinski definition) is 11. The molecule has 0 spiro atoms. The Morgan fingerprint density at radius 2 is 1.65 bits per heavy atom. The van der Waals surface area contributed by atoms with Crippen molar-refractivity contribution in [3.05, 3.63) is 142 Å². The Hall–Kier alpha value is -5.46. The lowest BCUT2D eigenvalue weighted by Crippen LogP contribution is -2.46. The smallest absolute Gasteiger partial charge is 0.376 e. The molecule has 0 bridgehead atoms. The third-order valence-corrected chi connectivity index (χ3v) is 13.3. The molecule has 2 N–H and O–H groups in total. The lowest BCUT2D eigenvalue weighted by atomic mass is 9.99. The third kappa shape index (κ3) is 11.7. The number of nitro benzene ring substituents is 1. The molecule has 1 aliphatic heterocycles. The lowest BCUT2D eigenvalue weighted by molar-refractivity contribution is -0.384. The summed E-state index contributed by atoms with van der Waals surface area (Å²) >= 11 is 7.58. The summed E-state index contributed by atoms with van der Waals surface area (Å²) in [6, 6.07) is 34.1. The number of alkyl halides is 3. The molecule has 0 radical (unpaired) electrons. The highest BCUT2D eigenvalue weighted by atomic mass is 35.5. The van der Waals surface area contributed by atoms with Gasteiger partial charge in [0.05, 0.1) is 21.9 Å². The van der Waals surface area contributed by atoms with Crippen molar-refractivity contribution in [2.45, 2.75) is 35.0 Å². The number of fused-ring (bicyclic) bond motifs is 1. The molecule has 12 nitrogen and oxygen atoms in total. The van der Waals surface area contributed by atoms with Crippen molar-refractivity contribution in [3.63, 3.8) is 0 Å². The zero-order valence-electron chi connectivity index (χ0n) is 33.6. The number of aromatic nitrogens is 2. The van der Waals surface area contributed by atoms with Crippen LogP contribution in [0.4, 0.5) is 36.1 Å². The van der Waals surface area contributed by atoms with Crippen LogP contribution in [0.3, 0.4) is 0 Å². The average molecular weight is 905 g/mol. The number of hydrogen-bond donors (Lipinski definition) is 2. The van der Waals surface area contributed by atoms with Crippen LogP contribution in [0.15, 0.2) is 131 Å². The van der Waals surface area contributed by atoms with Crippen LogP contribution in [0.25, 0.3) is 22.0 Å². The minimum absolute atomic E-state index is 0.0107. The molecule has 1 unspecified atom stereocenters. The van der Waals surface area contributed by atoms with E-state index in [4.69, 9.17) is 11.6 Å². The summed E-state index contributed by atoms with van der Waals surface area (Å²) in [5.74, 6) is 0.388. The number of benzene rings is 5. The van der Waals surface area contributed by atoms with Crippen LogP contribution >= 0.6 is 23.4 Å². The number of nitrogens with zero attached hydrogens (tertiary/aromatic N) is 6. The van der Waals surface area contributed by atoms with Crippen molar-refractivity contribution in [2.75, 3.05) is 67.0 Å². The van der Waals surface area contributed by atoms with Gasteiger partial charge < -0.3 is 10.2 Å². The number of nitrogens with one attached hydrogen (secondary N) is 2. The van der Waals surface area contributed by atoms with Gasteiger partial charge in [0.1, 0.15) is 12.0 Å². The molecule has 6 aromatic rings. The topological polar surface area (TPSA) is 137 Å². The van der Waals surface area contributed by atoms with Crippen LogP contribution in [-0.4, -0.2) is 97.4 Å². The zero-order chi connectivity index (χ0) is 43.9. The van der Waals surface area contributed by atoms with E-state index in [1.807, 2.05) is 72.8 Å². The molecule has 62 heavy (non-hydrogen) atoms. The van der Waals surface area contributed by atoms with Crippen molar-refractivity contribution in [3.8, 4) is 11.1 Å². The van der Waals surface area contributed by atoms with Crippen LogP contribution in [-0.2, 0) is 16.6 Å². The Labute approximate surface area is 367 Å². The lowest BCUT2D eigenvalue weighted by Gasteiger charge is -2.36. The van der Waals surface area contributed by atoms with Crippen LogP contribution in [0.1, 0.15) is 12.0 Å². The first-order chi connectivity index (χ1) is 29.7. The van der Waals surface area contributed by atoms with E-state index in [0.717, 1.165) is 59.8 Å². The monoisotopic (exact) mass is 904 g/mol. The molecule has 1 atom stereocenters. The van der Waals surface area contributed by atoms with Gasteiger partial charge >= 0.3 is 6.18 Å². The number of piperazine rings is 1. The molecule has 0 amide bonds. The molecule has 7 rings (SSSR count). The van der Waals surface area contributed by atoms with Crippen molar-refractivity contribution in [2.24, 2.45) is 0 Å². The fourth-order valence-electron chi connectivity index (χ4n) is 7.33. The van der Waals surface area contributed by atoms with E-state index in [-0.39, 0.29) is 29.4 Å². The van der Waals surface area contributed by atoms with Gasteiger partial charge in [0.15, 0.2) is 5.82 Å². The van der Waals surface area contributed by atoms with E-state index in [1.54, 1.807) is 6.07 Å². The standard InChI is InChI=1S/C44H44ClF3N8O4S2/c1-53(29-44(46,47)48)20-19-34(28-61-36-8-3-2-4-9-36)51-40-18-16-37(26-42(40)56(57)58)62(59,60)52-43-39-17-15-35(25-41(39)49-30-50-43)55-23-21-54(22-24-55)27-32-7-5-6-10-38(32)31-11-13-33(45)14-12-31/h2-18,25-26,30,34,51H,19-24,27-29H2,1H3,(H,49,50,52). The summed E-state index contributed by atoms with van der Waals surface area (Å²) in [4.78, 5) is 26.6. The highest BCUT2D eigenvalue weighted by Crippen LogP contribution is 2.33. The van der Waals surface area contributed by atoms with E-state index in [9.17, 15) is 31.7 Å². The number of thioether (sulfide) groups is 1. The predicted molar refractivity (Wildman–Crippen MR) is 241 cm³/mol. The fourth-order valence-corrected chi connectivity index (χ4v) is 9.50. The largest absolute Gasteiger partial charge is 0.401 e. The van der Waals surface area contributed by atoms with Gasteiger partial charge in [-0.05, 0) is 84.8 Å². The second-order valence-corrected chi connectivity index (χ2v) is 18.2. The number of rotatable bonds is 17. The van der Waals surface area contributed by atoms with Gasteiger partial charge in [0, 0.05) is 78.1 Å². The van der Waals surface area contributed by atoms with Crippen molar-refractivity contribution in [1.82, 2.24) is 19.8 Å². The Kier molecular flexibility index (Phi) is 14.2. The third-order valence-electron chi connectivity index (χ3n) is 10.5. The second-order valence-electron chi connectivity index (χ2n) is 15.0. The Morgan fingerprint density at radius 3 is 2.37 bits per heavy atom. The second kappa shape index (κ2) is 19.7. The first kappa shape index (κ1) is 44.6. The highest BCUT2D eigenvalue weighted by Gasteiger charge is 2.30. The molecule has 1 fully saturated rings. The van der Waals surface area contributed by atoms with Gasteiger partial charge in [-0.2, -0.15) is 13.2 Å². The number of sulfonamides is 1. The van der Waals surface area contributed by atoms with Crippen LogP contribution in [0.2, 0.25) is 5.02 Å². The quantitative estimate of drug-likeness (QED) is 0.0515. The molecule has 0 saturated carbocycles. The average Bonchev–Trinajstić information content (AvgIpc) is 3.25. The molecule has 1 saturated heterocycles. The molecule has 2 heterocycles. The van der Waals surface area contributed by atoms with Crippen LogP contribution in [0.5, 0.6) is 0 Å². The molecule has 1 aliphatic rings. The maximum atomic E-state index is 13.8. The number of halogens is 4. The zero-order valence-corrected chi connectivity index (χ0v) is 36.0. The van der Waals surface area contributed by atoms with Gasteiger partial charge in [-0.3, -0.25) is 24.6 Å². The fraction of sp³-hybridized carbons (Fsp3) is 0.273. The summed E-state index contributed by atoms with van der Waals surface area (Å²) in [6.45, 7) is 2.95. The highest BCUT2D eigenvalue weighted by molar-refractivity contribution is 7.99. The molecule has 1 aromatic heterocycles. The molecule has 324 valence electrons.